The van der Waals surface area contributed by atoms with Crippen LogP contribution in [0.4, 0.5) is 60.5 Å². The largest absolute Gasteiger partial charge is 0.512 e. The van der Waals surface area contributed by atoms with Gasteiger partial charge in [-0.05, 0) is 46.1 Å². The van der Waals surface area contributed by atoms with Crippen molar-refractivity contribution in [3.63, 3.8) is 0 Å². The van der Waals surface area contributed by atoms with Gasteiger partial charge >= 0.3 is 82.9 Å². The van der Waals surface area contributed by atoms with Crippen molar-refractivity contribution in [1.82, 2.24) is 30.9 Å². The number of unbranched alkanes of at least 4 members (excludes halogenated alkanes) is 13. The molecule has 0 aliphatic carbocycles. The highest BCUT2D eigenvalue weighted by molar-refractivity contribution is 8.06. The zero-order valence-corrected chi connectivity index (χ0v) is 76.4. The molecule has 0 aliphatic heterocycles. The molecule has 0 aromatic heterocycles. The van der Waals surface area contributed by atoms with Crippen LogP contribution in [0.2, 0.25) is 0 Å². The van der Waals surface area contributed by atoms with Gasteiger partial charge in [-0.3, -0.25) is 4.90 Å². The van der Waals surface area contributed by atoms with E-state index in [9.17, 15) is 178 Å². The van der Waals surface area contributed by atoms with Crippen LogP contribution in [0.1, 0.15) is 120 Å². The summed E-state index contributed by atoms with van der Waals surface area (Å²) < 4.78 is 490. The number of hydrogen-bond donors (Lipinski definition) is 1. The fourth-order valence-corrected chi connectivity index (χ4v) is 27.7. The minimum Gasteiger partial charge on any atom is -0.395 e. The van der Waals surface area contributed by atoms with Crippen LogP contribution in [-0.4, -0.2) is 298 Å². The number of benzene rings is 2. The van der Waals surface area contributed by atoms with E-state index in [2.05, 4.69) is 6.92 Å². The Balaban J connectivity index is -0.00000147. The van der Waals surface area contributed by atoms with E-state index in [1.165, 1.54) is 70.4 Å². The average Bonchev–Trinajstić information content (AvgIpc) is 0.756. The highest BCUT2D eigenvalue weighted by atomic mass is 32.3. The van der Waals surface area contributed by atoms with Gasteiger partial charge in [0.05, 0.1) is 56.7 Å². The Morgan fingerprint density at radius 1 is 0.261 bits per heavy atom. The van der Waals surface area contributed by atoms with Crippen LogP contribution in [-0.2, 0) is 160 Å². The number of aliphatic hydroxyl groups excluding tert-OH is 1. The average molecular weight is 2040 g/mol. The minimum atomic E-state index is -7.03. The smallest absolute Gasteiger partial charge is 0.395 e. The lowest BCUT2D eigenvalue weighted by Crippen LogP contribution is -2.52. The van der Waals surface area contributed by atoms with Gasteiger partial charge in [-0.2, -0.15) is 69.5 Å². The van der Waals surface area contributed by atoms with Gasteiger partial charge in [0, 0.05) is 65.4 Å². The first-order valence-corrected chi connectivity index (χ1v) is 56.8. The van der Waals surface area contributed by atoms with Crippen molar-refractivity contribution < 1.29 is 183 Å². The van der Waals surface area contributed by atoms with Crippen molar-refractivity contribution in [2.75, 3.05) is 122 Å². The van der Waals surface area contributed by atoms with E-state index in [1.807, 2.05) is 30.3 Å². The molecule has 0 aliphatic rings. The van der Waals surface area contributed by atoms with Gasteiger partial charge < -0.3 is 5.11 Å². The van der Waals surface area contributed by atoms with Gasteiger partial charge in [0.1, 0.15) is 0 Å². The molecule has 65 heteroatoms. The van der Waals surface area contributed by atoms with Crippen molar-refractivity contribution >= 4 is 141 Å². The monoisotopic (exact) mass is 2030 g/mol. The molecule has 0 fully saturated rings. The maximum atomic E-state index is 12.7. The van der Waals surface area contributed by atoms with Crippen molar-refractivity contribution in [3.05, 3.63) is 71.3 Å². The van der Waals surface area contributed by atoms with Crippen molar-refractivity contribution in [2.45, 2.75) is 145 Å². The Morgan fingerprint density at radius 2 is 0.479 bits per heavy atom. The fraction of sp³-hybridized carbons (Fsp3) is 0.778. The zero-order chi connectivity index (χ0) is 94.5. The first-order valence-electron chi connectivity index (χ1n) is 33.6. The lowest BCUT2D eigenvalue weighted by Gasteiger charge is -2.28. The normalized spacial score (nSPS) is 14.1. The van der Waals surface area contributed by atoms with Gasteiger partial charge in [-0.25, -0.2) is 101 Å². The van der Waals surface area contributed by atoms with Gasteiger partial charge in [0.25, 0.3) is 0 Å². The van der Waals surface area contributed by atoms with Crippen LogP contribution < -0.4 is 0 Å². The van der Waals surface area contributed by atoms with Crippen LogP contribution >= 0.6 is 0 Å². The first kappa shape index (κ1) is 120. The summed E-state index contributed by atoms with van der Waals surface area (Å²) in [5.41, 5.74) is -24.3. The molecule has 119 heavy (non-hydrogen) atoms. The summed E-state index contributed by atoms with van der Waals surface area (Å²) in [6.07, 6.45) is 20.1. The summed E-state index contributed by atoms with van der Waals surface area (Å²) in [7, 11) is -70.8. The molecule has 0 bridgehead atoms. The number of sulfonamides is 12. The first-order chi connectivity index (χ1) is 52.9. The van der Waals surface area contributed by atoms with Gasteiger partial charge in [-0.1, -0.05) is 182 Å². The van der Waals surface area contributed by atoms with Crippen LogP contribution in [0.5, 0.6) is 0 Å². The molecule has 37 nitrogen and oxygen atoms in total. The summed E-state index contributed by atoms with van der Waals surface area (Å²) >= 11 is 0. The van der Waals surface area contributed by atoms with Crippen molar-refractivity contribution in [1.29, 1.82) is 0 Å². The van der Waals surface area contributed by atoms with Gasteiger partial charge in [-0.15, -0.1) is 0 Å². The molecule has 708 valence electrons. The second kappa shape index (κ2) is 48.4. The summed E-state index contributed by atoms with van der Waals surface area (Å²) in [5.74, 6) is 0. The van der Waals surface area contributed by atoms with E-state index in [-0.39, 0.29) is 38.9 Å². The third-order valence-electron chi connectivity index (χ3n) is 14.9. The second-order valence-electron chi connectivity index (χ2n) is 25.1. The van der Waals surface area contributed by atoms with Gasteiger partial charge in [0.2, 0.25) is 80.2 Å². The van der Waals surface area contributed by atoms with Gasteiger partial charge in [0.15, 0.2) is 0 Å². The topological polar surface area (TPSA) is 524 Å². The van der Waals surface area contributed by atoms with Crippen molar-refractivity contribution in [3.8, 4) is 0 Å². The summed E-state index contributed by atoms with van der Waals surface area (Å²) in [5, 5.41) is 8.96. The molecular formula is C54H96F14N8O29S14. The zero-order valence-electron chi connectivity index (χ0n) is 65.0. The van der Waals surface area contributed by atoms with E-state index >= 15 is 0 Å². The third-order valence-corrected chi connectivity index (χ3v) is 38.9. The van der Waals surface area contributed by atoms with Crippen LogP contribution in [0.25, 0.3) is 0 Å². The third kappa shape index (κ3) is 44.4. The molecule has 0 atom stereocenters. The van der Waals surface area contributed by atoms with Crippen LogP contribution in [0, 0.1) is 0 Å². The molecule has 0 heterocycles. The molecule has 0 saturated heterocycles. The van der Waals surface area contributed by atoms with E-state index in [0.29, 0.717) is 55.7 Å². The maximum Gasteiger partial charge on any atom is 0.512 e. The minimum absolute atomic E-state index is 0.0579. The number of rotatable bonds is 47. The Labute approximate surface area is 688 Å². The molecule has 2 aromatic rings. The summed E-state index contributed by atoms with van der Waals surface area (Å²) in [6.45, 7) is -5.59. The maximum absolute atomic E-state index is 12.7. The Kier molecular flexibility index (Phi) is 48.6. The second-order valence-corrected chi connectivity index (χ2v) is 51.9. The van der Waals surface area contributed by atoms with E-state index < -0.39 is 240 Å². The molecule has 0 spiro atoms. The highest BCUT2D eigenvalue weighted by Gasteiger charge is 2.63. The molecule has 0 saturated carbocycles. The van der Waals surface area contributed by atoms with E-state index in [1.54, 1.807) is 0 Å². The number of aliphatic hydroxyl groups is 1. The number of halogens is 14. The number of nitrogens with zero attached hydrogens (tertiary/aromatic N) is 8. The molecule has 0 amide bonds. The molecule has 0 radical (unpaired) electrons. The lowest BCUT2D eigenvalue weighted by molar-refractivity contribution is -0.0542. The van der Waals surface area contributed by atoms with Crippen LogP contribution in [0.15, 0.2) is 54.6 Å². The quantitative estimate of drug-likeness (QED) is 0.0546. The predicted molar refractivity (Wildman–Crippen MR) is 409 cm³/mol. The Bertz CT molecular complexity index is 4980. The Morgan fingerprint density at radius 3 is 0.697 bits per heavy atom. The highest BCUT2D eigenvalue weighted by Crippen LogP contribution is 2.37. The van der Waals surface area contributed by atoms with Crippen LogP contribution in [0.3, 0.4) is 0 Å². The fourth-order valence-electron chi connectivity index (χ4n) is 9.51. The predicted octanol–water partition coefficient (Wildman–Crippen LogP) is 4.37. The van der Waals surface area contributed by atoms with E-state index in [0.717, 1.165) is 68.4 Å². The van der Waals surface area contributed by atoms with Crippen molar-refractivity contribution in [2.24, 2.45) is 0 Å². The molecule has 1 N–H and O–H groups in total. The lowest BCUT2D eigenvalue weighted by atomic mass is 10.0. The molecular weight excluding hydrogens is 1940 g/mol. The summed E-state index contributed by atoms with van der Waals surface area (Å²) in [6, 6.07) is 13.8. The van der Waals surface area contributed by atoms with E-state index in [4.69, 9.17) is 5.11 Å². The molecule has 0 unspecified atom stereocenters. The molecule has 2 aromatic carbocycles. The number of alkyl halides is 12. The molecule has 2 rings (SSSR count). The SMILES string of the molecule is CCCCCCCCCCCCCCCCN(S(=O)(=O)F)S(=O)(=O)F.CCN(S(C)(=O)=O)S(C)(=O)=O.CS(=O)(=O)N(CCN(CCO)CCN(S(=O)(=O)C(F)(F)F)S(=O)(=O)C(F)(F)F)S(C)(=O)=O.CS(=O)(=O)N(CCc1ccc(CCN(S(=O)(=O)C(F)(F)F)S(=O)(=O)C(F)(F)F)cc1)S(C)(=O)=O.CS(=O)(=O)N(CCc1ccccc1)S(C)(=O)=O. The summed E-state index contributed by atoms with van der Waals surface area (Å²) in [4.78, 5) is 0.661. The Hall–Kier alpha value is -3.60. The standard InChI is InChI=1S/C16H33F2NO4S2.C14H18F6N2O8S4.C10H19F6N3O9S4.C10H15NO4S2.C4H11NO4S2/c1-2-3-4-5-6-7-8-9-10-11-12-13-14-15-16-19(24(17,20)21)25(18,22)23;1-31(23,24)21(32(2,25)26)9-7-11-3-5-12(6-4-11)8-10-22(33(27,28)13(15,16)17)34(29,30)14(18,19)20;1-29(21,22)18(30(2,23)24)5-3-17(7-8-20)4-6-19(31(25,26)9(11,12)13)32(27,28)10(14,15)16;1-16(12,13)11(17(2,14)15)9-8-10-6-4-3-5-7-10;1-4-5(10(2,6)7)11(3,8)9/h2-16H2,1H3;3-6H,7-10H2,1-2H3;20H,3-8H2,1-2H3;3-7H,8-9H2,1-2H3;4H2,1-3H3. The number of hydrogen-bond acceptors (Lipinski definition) is 30.